The monoisotopic (exact) mass is 188 g/mol. The summed E-state index contributed by atoms with van der Waals surface area (Å²) in [5, 5.41) is 9.74. The number of nitrogens with zero attached hydrogens (tertiary/aromatic N) is 2. The van der Waals surface area contributed by atoms with Crippen molar-refractivity contribution in [1.29, 1.82) is 0 Å². The Morgan fingerprint density at radius 3 is 3.14 bits per heavy atom. The lowest BCUT2D eigenvalue weighted by molar-refractivity contribution is 1.09. The van der Waals surface area contributed by atoms with Gasteiger partial charge in [0.2, 0.25) is 0 Å². The third kappa shape index (κ3) is 1.90. The fourth-order valence-electron chi connectivity index (χ4n) is 1.23. The quantitative estimate of drug-likeness (QED) is 0.775. The van der Waals surface area contributed by atoms with Gasteiger partial charge < -0.3 is 5.32 Å². The predicted molar refractivity (Wildman–Crippen MR) is 55.5 cm³/mol. The van der Waals surface area contributed by atoms with Gasteiger partial charge in [0, 0.05) is 12.4 Å². The highest BCUT2D eigenvalue weighted by Gasteiger charge is 1.97. The molecule has 0 aliphatic rings. The summed E-state index contributed by atoms with van der Waals surface area (Å²) in [6.45, 7) is 2.12. The number of rotatable bonds is 3. The predicted octanol–water partition coefficient (Wildman–Crippen LogP) is 2.11. The minimum Gasteiger partial charge on any atom is -0.338 e. The SMILES string of the molecule is CCc1ccnc(Nc2cn[nH]c2)c1. The van der Waals surface area contributed by atoms with Gasteiger partial charge in [0.1, 0.15) is 5.82 Å². The molecule has 0 saturated carbocycles. The molecule has 0 aromatic carbocycles. The molecule has 4 heteroatoms. The van der Waals surface area contributed by atoms with Crippen molar-refractivity contribution in [2.45, 2.75) is 13.3 Å². The van der Waals surface area contributed by atoms with E-state index in [2.05, 4.69) is 27.4 Å². The van der Waals surface area contributed by atoms with Gasteiger partial charge in [-0.3, -0.25) is 5.10 Å². The fraction of sp³-hybridized carbons (Fsp3) is 0.200. The molecule has 4 nitrogen and oxygen atoms in total. The normalized spacial score (nSPS) is 10.1. The van der Waals surface area contributed by atoms with Crippen molar-refractivity contribution in [1.82, 2.24) is 15.2 Å². The van der Waals surface area contributed by atoms with E-state index in [1.807, 2.05) is 12.1 Å². The molecule has 0 fully saturated rings. The van der Waals surface area contributed by atoms with E-state index in [0.29, 0.717) is 0 Å². The summed E-state index contributed by atoms with van der Waals surface area (Å²) in [5.41, 5.74) is 2.19. The second-order valence-corrected chi connectivity index (χ2v) is 3.01. The molecular weight excluding hydrogens is 176 g/mol. The Kier molecular flexibility index (Phi) is 2.44. The lowest BCUT2D eigenvalue weighted by Crippen LogP contribution is -1.93. The minimum atomic E-state index is 0.853. The number of H-pyrrole nitrogens is 1. The molecule has 72 valence electrons. The van der Waals surface area contributed by atoms with Crippen LogP contribution in [0.25, 0.3) is 0 Å². The molecule has 0 aliphatic heterocycles. The lowest BCUT2D eigenvalue weighted by atomic mass is 10.2. The molecule has 2 N–H and O–H groups in total. The summed E-state index contributed by atoms with van der Waals surface area (Å²) >= 11 is 0. The maximum Gasteiger partial charge on any atom is 0.130 e. The molecule has 0 radical (unpaired) electrons. The molecule has 0 saturated heterocycles. The summed E-state index contributed by atoms with van der Waals surface area (Å²) in [5.74, 6) is 0.853. The highest BCUT2D eigenvalue weighted by molar-refractivity contribution is 5.54. The van der Waals surface area contributed by atoms with Gasteiger partial charge in [0.05, 0.1) is 11.9 Å². The summed E-state index contributed by atoms with van der Waals surface area (Å²) in [6.07, 6.45) is 6.34. The van der Waals surface area contributed by atoms with Crippen molar-refractivity contribution in [2.24, 2.45) is 0 Å². The Bertz CT molecular complexity index is 394. The molecule has 0 spiro atoms. The fourth-order valence-corrected chi connectivity index (χ4v) is 1.23. The molecule has 0 amide bonds. The van der Waals surface area contributed by atoms with Crippen molar-refractivity contribution >= 4 is 11.5 Å². The molecule has 14 heavy (non-hydrogen) atoms. The zero-order chi connectivity index (χ0) is 9.80. The number of aromatic amines is 1. The second kappa shape index (κ2) is 3.91. The minimum absolute atomic E-state index is 0.853. The largest absolute Gasteiger partial charge is 0.338 e. The molecule has 2 heterocycles. The van der Waals surface area contributed by atoms with Crippen LogP contribution < -0.4 is 5.32 Å². The molecule has 0 aliphatic carbocycles. The van der Waals surface area contributed by atoms with E-state index < -0.39 is 0 Å². The van der Waals surface area contributed by atoms with Crippen LogP contribution in [0.4, 0.5) is 11.5 Å². The van der Waals surface area contributed by atoms with Crippen molar-refractivity contribution in [3.05, 3.63) is 36.3 Å². The average molecular weight is 188 g/mol. The summed E-state index contributed by atoms with van der Waals surface area (Å²) < 4.78 is 0. The van der Waals surface area contributed by atoms with Crippen LogP contribution in [0.1, 0.15) is 12.5 Å². The third-order valence-corrected chi connectivity index (χ3v) is 2.00. The van der Waals surface area contributed by atoms with Gasteiger partial charge in [0.25, 0.3) is 0 Å². The first-order valence-corrected chi connectivity index (χ1v) is 4.59. The van der Waals surface area contributed by atoms with Crippen LogP contribution >= 0.6 is 0 Å². The van der Waals surface area contributed by atoms with E-state index in [1.54, 1.807) is 18.6 Å². The van der Waals surface area contributed by atoms with E-state index in [4.69, 9.17) is 0 Å². The highest BCUT2D eigenvalue weighted by Crippen LogP contribution is 2.13. The van der Waals surface area contributed by atoms with Crippen molar-refractivity contribution < 1.29 is 0 Å². The van der Waals surface area contributed by atoms with Crippen LogP contribution in [0.5, 0.6) is 0 Å². The summed E-state index contributed by atoms with van der Waals surface area (Å²) in [6, 6.07) is 4.05. The van der Waals surface area contributed by atoms with E-state index in [9.17, 15) is 0 Å². The summed E-state index contributed by atoms with van der Waals surface area (Å²) in [4.78, 5) is 4.21. The van der Waals surface area contributed by atoms with Crippen LogP contribution in [0.15, 0.2) is 30.7 Å². The standard InChI is InChI=1S/C10H12N4/c1-2-8-3-4-11-10(5-8)14-9-6-12-13-7-9/h3-7H,2H2,1H3,(H,11,14)(H,12,13). The number of pyridine rings is 1. The van der Waals surface area contributed by atoms with E-state index in [0.717, 1.165) is 17.9 Å². The Hall–Kier alpha value is -1.84. The maximum absolute atomic E-state index is 4.21. The van der Waals surface area contributed by atoms with Crippen molar-refractivity contribution in [3.8, 4) is 0 Å². The zero-order valence-electron chi connectivity index (χ0n) is 7.99. The van der Waals surface area contributed by atoms with Crippen molar-refractivity contribution in [2.75, 3.05) is 5.32 Å². The molecule has 0 unspecified atom stereocenters. The topological polar surface area (TPSA) is 53.6 Å². The van der Waals surface area contributed by atoms with Crippen LogP contribution in [-0.2, 0) is 6.42 Å². The Morgan fingerprint density at radius 2 is 2.43 bits per heavy atom. The Labute approximate surface area is 82.4 Å². The first kappa shape index (κ1) is 8.74. The number of anilines is 2. The average Bonchev–Trinajstić information content (AvgIpc) is 2.71. The number of hydrogen-bond donors (Lipinski definition) is 2. The van der Waals surface area contributed by atoms with Crippen LogP contribution in [0.2, 0.25) is 0 Å². The molecular formula is C10H12N4. The van der Waals surface area contributed by atoms with Crippen LogP contribution in [0.3, 0.4) is 0 Å². The first-order valence-electron chi connectivity index (χ1n) is 4.59. The van der Waals surface area contributed by atoms with Gasteiger partial charge in [-0.2, -0.15) is 5.10 Å². The van der Waals surface area contributed by atoms with Gasteiger partial charge in [0.15, 0.2) is 0 Å². The van der Waals surface area contributed by atoms with Gasteiger partial charge in [-0.05, 0) is 24.1 Å². The van der Waals surface area contributed by atoms with Gasteiger partial charge in [-0.1, -0.05) is 6.92 Å². The molecule has 2 aromatic heterocycles. The maximum atomic E-state index is 4.21. The highest BCUT2D eigenvalue weighted by atomic mass is 15.1. The smallest absolute Gasteiger partial charge is 0.130 e. The van der Waals surface area contributed by atoms with Crippen molar-refractivity contribution in [3.63, 3.8) is 0 Å². The number of aromatic nitrogens is 3. The number of nitrogens with one attached hydrogen (secondary N) is 2. The molecule has 2 aromatic rings. The Morgan fingerprint density at radius 1 is 1.50 bits per heavy atom. The van der Waals surface area contributed by atoms with E-state index in [-0.39, 0.29) is 0 Å². The van der Waals surface area contributed by atoms with Crippen LogP contribution in [-0.4, -0.2) is 15.2 Å². The summed E-state index contributed by atoms with van der Waals surface area (Å²) in [7, 11) is 0. The zero-order valence-corrected chi connectivity index (χ0v) is 7.99. The first-order chi connectivity index (χ1) is 6.88. The van der Waals surface area contributed by atoms with Gasteiger partial charge in [-0.15, -0.1) is 0 Å². The third-order valence-electron chi connectivity index (χ3n) is 2.00. The Balaban J connectivity index is 2.17. The van der Waals surface area contributed by atoms with Gasteiger partial charge >= 0.3 is 0 Å². The van der Waals surface area contributed by atoms with Gasteiger partial charge in [-0.25, -0.2) is 4.98 Å². The van der Waals surface area contributed by atoms with E-state index in [1.165, 1.54) is 5.56 Å². The lowest BCUT2D eigenvalue weighted by Gasteiger charge is -2.03. The van der Waals surface area contributed by atoms with E-state index >= 15 is 0 Å². The van der Waals surface area contributed by atoms with Crippen LogP contribution in [0, 0.1) is 0 Å². The number of hydrogen-bond acceptors (Lipinski definition) is 3. The molecule has 2 rings (SSSR count). The molecule has 0 bridgehead atoms. The number of aryl methyl sites for hydroxylation is 1. The second-order valence-electron chi connectivity index (χ2n) is 3.01. The molecule has 0 atom stereocenters.